The summed E-state index contributed by atoms with van der Waals surface area (Å²) >= 11 is 1.15. The molecule has 0 aromatic heterocycles. The van der Waals surface area contributed by atoms with Crippen molar-refractivity contribution in [2.45, 2.75) is 23.4 Å². The van der Waals surface area contributed by atoms with Gasteiger partial charge in [0.25, 0.3) is 0 Å². The van der Waals surface area contributed by atoms with E-state index in [1.165, 1.54) is 0 Å². The Hall–Kier alpha value is -1.49. The molecule has 1 aromatic rings. The van der Waals surface area contributed by atoms with Crippen molar-refractivity contribution in [2.24, 2.45) is 0 Å². The number of carbonyl (C=O) groups is 1. The zero-order valence-corrected chi connectivity index (χ0v) is 12.6. The SMILES string of the molecule is O=C(ON1CC(SCc2ccc(C(F)(F)F)cc2F)C1)C(F)(F)F. The highest BCUT2D eigenvalue weighted by Gasteiger charge is 2.44. The van der Waals surface area contributed by atoms with E-state index in [2.05, 4.69) is 4.84 Å². The molecule has 0 radical (unpaired) electrons. The third-order valence-electron chi connectivity index (χ3n) is 3.11. The number of nitrogens with zero attached hydrogens (tertiary/aromatic N) is 1. The Labute approximate surface area is 135 Å². The van der Waals surface area contributed by atoms with E-state index in [4.69, 9.17) is 0 Å². The number of benzene rings is 1. The highest BCUT2D eigenvalue weighted by molar-refractivity contribution is 7.99. The molecule has 1 saturated heterocycles. The summed E-state index contributed by atoms with van der Waals surface area (Å²) in [7, 11) is 0. The van der Waals surface area contributed by atoms with Crippen LogP contribution in [0, 0.1) is 5.82 Å². The molecule has 1 aliphatic rings. The maximum Gasteiger partial charge on any atom is 0.492 e. The molecular weight excluding hydrogens is 367 g/mol. The van der Waals surface area contributed by atoms with Crippen LogP contribution in [-0.4, -0.2) is 35.5 Å². The first-order valence-electron chi connectivity index (χ1n) is 6.48. The van der Waals surface area contributed by atoms with Crippen LogP contribution in [0.4, 0.5) is 30.7 Å². The van der Waals surface area contributed by atoms with Crippen LogP contribution in [0.1, 0.15) is 11.1 Å². The average Bonchev–Trinajstić information content (AvgIpc) is 2.39. The second kappa shape index (κ2) is 6.79. The van der Waals surface area contributed by atoms with Crippen molar-refractivity contribution < 1.29 is 40.4 Å². The minimum atomic E-state index is -5.08. The molecule has 11 heteroatoms. The number of rotatable bonds is 4. The minimum Gasteiger partial charge on any atom is -0.361 e. The summed E-state index contributed by atoms with van der Waals surface area (Å²) in [6.07, 6.45) is -9.72. The summed E-state index contributed by atoms with van der Waals surface area (Å²) in [5.41, 5.74) is -1.04. The van der Waals surface area contributed by atoms with Gasteiger partial charge in [-0.3, -0.25) is 0 Å². The Morgan fingerprint density at radius 3 is 2.33 bits per heavy atom. The van der Waals surface area contributed by atoms with Crippen LogP contribution in [0.3, 0.4) is 0 Å². The highest BCUT2D eigenvalue weighted by Crippen LogP contribution is 2.32. The van der Waals surface area contributed by atoms with E-state index < -0.39 is 29.7 Å². The molecule has 1 aromatic carbocycles. The number of carbonyl (C=O) groups excluding carboxylic acids is 1. The van der Waals surface area contributed by atoms with E-state index in [1.54, 1.807) is 0 Å². The van der Waals surface area contributed by atoms with Crippen LogP contribution >= 0.6 is 11.8 Å². The van der Waals surface area contributed by atoms with Crippen LogP contribution in [0.2, 0.25) is 0 Å². The number of alkyl halides is 6. The molecule has 2 rings (SSSR count). The van der Waals surface area contributed by atoms with Gasteiger partial charge in [0.15, 0.2) is 0 Å². The van der Waals surface area contributed by atoms with Crippen molar-refractivity contribution >= 4 is 17.7 Å². The van der Waals surface area contributed by atoms with Gasteiger partial charge in [0.1, 0.15) is 5.82 Å². The predicted molar refractivity (Wildman–Crippen MR) is 70.2 cm³/mol. The molecule has 1 heterocycles. The van der Waals surface area contributed by atoms with Gasteiger partial charge in [-0.05, 0) is 17.7 Å². The molecule has 0 aliphatic carbocycles. The van der Waals surface area contributed by atoms with Crippen molar-refractivity contribution in [3.63, 3.8) is 0 Å². The Balaban J connectivity index is 1.79. The largest absolute Gasteiger partial charge is 0.492 e. The summed E-state index contributed by atoms with van der Waals surface area (Å²) in [5, 5.41) is 0.601. The van der Waals surface area contributed by atoms with Crippen molar-refractivity contribution in [1.82, 2.24) is 5.06 Å². The third-order valence-corrected chi connectivity index (χ3v) is 4.36. The molecule has 3 nitrogen and oxygen atoms in total. The summed E-state index contributed by atoms with van der Waals surface area (Å²) < 4.78 is 86.8. The van der Waals surface area contributed by atoms with E-state index in [1.807, 2.05) is 0 Å². The maximum atomic E-state index is 13.6. The zero-order valence-electron chi connectivity index (χ0n) is 11.7. The smallest absolute Gasteiger partial charge is 0.361 e. The summed E-state index contributed by atoms with van der Waals surface area (Å²) in [6.45, 7) is 0.0451. The minimum absolute atomic E-state index is 0.0226. The van der Waals surface area contributed by atoms with Crippen LogP contribution in [0.5, 0.6) is 0 Å². The van der Waals surface area contributed by atoms with E-state index in [0.717, 1.165) is 29.0 Å². The lowest BCUT2D eigenvalue weighted by molar-refractivity contribution is -0.248. The monoisotopic (exact) mass is 377 g/mol. The summed E-state index contributed by atoms with van der Waals surface area (Å²) in [6, 6.07) is 2.18. The highest BCUT2D eigenvalue weighted by atomic mass is 32.2. The number of hydrogen-bond acceptors (Lipinski definition) is 4. The van der Waals surface area contributed by atoms with Crippen molar-refractivity contribution in [3.8, 4) is 0 Å². The van der Waals surface area contributed by atoms with Gasteiger partial charge >= 0.3 is 18.3 Å². The van der Waals surface area contributed by atoms with E-state index >= 15 is 0 Å². The quantitative estimate of drug-likeness (QED) is 0.747. The van der Waals surface area contributed by atoms with Gasteiger partial charge in [0.2, 0.25) is 0 Å². The first-order chi connectivity index (χ1) is 11.0. The molecule has 24 heavy (non-hydrogen) atoms. The standard InChI is InChI=1S/C13H10F7NO2S/c14-10-3-8(12(15,16)17)2-1-7(10)6-24-9-4-21(5-9)23-11(22)13(18,19)20/h1-3,9H,4-6H2. The second-order valence-corrected chi connectivity index (χ2v) is 6.25. The summed E-state index contributed by atoms with van der Waals surface area (Å²) in [4.78, 5) is 14.6. The lowest BCUT2D eigenvalue weighted by Gasteiger charge is -2.36. The van der Waals surface area contributed by atoms with Gasteiger partial charge in [-0.2, -0.15) is 38.1 Å². The molecule has 0 spiro atoms. The fraction of sp³-hybridized carbons (Fsp3) is 0.462. The Kier molecular flexibility index (Phi) is 5.33. The fourth-order valence-corrected chi connectivity index (χ4v) is 2.99. The Bertz CT molecular complexity index is 611. The van der Waals surface area contributed by atoms with Crippen LogP contribution in [-0.2, 0) is 21.6 Å². The van der Waals surface area contributed by atoms with Gasteiger partial charge in [-0.15, -0.1) is 5.06 Å². The van der Waals surface area contributed by atoms with Crippen LogP contribution < -0.4 is 0 Å². The molecule has 1 aliphatic heterocycles. The van der Waals surface area contributed by atoms with Crippen molar-refractivity contribution in [2.75, 3.05) is 13.1 Å². The van der Waals surface area contributed by atoms with E-state index in [0.29, 0.717) is 6.07 Å². The third kappa shape index (κ3) is 4.76. The van der Waals surface area contributed by atoms with Crippen LogP contribution in [0.15, 0.2) is 18.2 Å². The first kappa shape index (κ1) is 18.8. The van der Waals surface area contributed by atoms with Gasteiger partial charge in [0, 0.05) is 24.1 Å². The number of thioether (sulfide) groups is 1. The topological polar surface area (TPSA) is 29.5 Å². The van der Waals surface area contributed by atoms with Gasteiger partial charge in [-0.25, -0.2) is 9.18 Å². The molecule has 1 fully saturated rings. The fourth-order valence-electron chi connectivity index (χ4n) is 1.80. The average molecular weight is 377 g/mol. The first-order valence-corrected chi connectivity index (χ1v) is 7.53. The molecule has 0 atom stereocenters. The molecule has 0 bridgehead atoms. The van der Waals surface area contributed by atoms with Crippen molar-refractivity contribution in [1.29, 1.82) is 0 Å². The Morgan fingerprint density at radius 1 is 1.21 bits per heavy atom. The number of hydrogen-bond donors (Lipinski definition) is 0. The van der Waals surface area contributed by atoms with Gasteiger partial charge in [-0.1, -0.05) is 6.07 Å². The van der Waals surface area contributed by atoms with Crippen molar-refractivity contribution in [3.05, 3.63) is 35.1 Å². The molecule has 134 valence electrons. The second-order valence-electron chi connectivity index (χ2n) is 4.96. The molecular formula is C13H10F7NO2S. The van der Waals surface area contributed by atoms with Crippen LogP contribution in [0.25, 0.3) is 0 Å². The lowest BCUT2D eigenvalue weighted by atomic mass is 10.1. The summed E-state index contributed by atoms with van der Waals surface area (Å²) in [5.74, 6) is -3.27. The molecule has 0 amide bonds. The lowest BCUT2D eigenvalue weighted by Crippen LogP contribution is -2.51. The van der Waals surface area contributed by atoms with Gasteiger partial charge < -0.3 is 4.84 Å². The molecule has 0 saturated carbocycles. The normalized spacial score (nSPS) is 16.8. The zero-order chi connectivity index (χ0) is 18.1. The van der Waals surface area contributed by atoms with Gasteiger partial charge in [0.05, 0.1) is 5.56 Å². The number of halogens is 7. The molecule has 0 N–H and O–H groups in total. The maximum absolute atomic E-state index is 13.6. The Morgan fingerprint density at radius 2 is 1.83 bits per heavy atom. The predicted octanol–water partition coefficient (Wildman–Crippen LogP) is 3.78. The molecule has 0 unspecified atom stereocenters. The van der Waals surface area contributed by atoms with E-state index in [9.17, 15) is 35.5 Å². The number of hydroxylamine groups is 2. The van der Waals surface area contributed by atoms with E-state index in [-0.39, 0.29) is 29.7 Å².